The Balaban J connectivity index is 2.64. The molecule has 0 saturated carbocycles. The number of nitrogens with zero attached hydrogens (tertiary/aromatic N) is 2. The van der Waals surface area contributed by atoms with Crippen LogP contribution in [0.25, 0.3) is 0 Å². The average Bonchev–Trinajstić information content (AvgIpc) is 2.76. The molecule has 0 aromatic heterocycles. The molecule has 1 aliphatic heterocycles. The van der Waals surface area contributed by atoms with Crippen molar-refractivity contribution in [2.75, 3.05) is 13.1 Å². The van der Waals surface area contributed by atoms with Gasteiger partial charge in [0.05, 0.1) is 0 Å². The summed E-state index contributed by atoms with van der Waals surface area (Å²) in [5.74, 6) is 0. The lowest BCUT2D eigenvalue weighted by Gasteiger charge is -2.35. The largest absolute Gasteiger partial charge is 0.358 e. The van der Waals surface area contributed by atoms with Crippen LogP contribution in [0.15, 0.2) is 30.4 Å². The fourth-order valence-electron chi connectivity index (χ4n) is 1.89. The van der Waals surface area contributed by atoms with Crippen LogP contribution in [0, 0.1) is 0 Å². The van der Waals surface area contributed by atoms with Gasteiger partial charge in [-0.1, -0.05) is 12.2 Å². The minimum Gasteiger partial charge on any atom is -0.358 e. The van der Waals surface area contributed by atoms with Gasteiger partial charge in [-0.15, -0.1) is 13.2 Å². The van der Waals surface area contributed by atoms with Crippen molar-refractivity contribution in [1.29, 1.82) is 0 Å². The van der Waals surface area contributed by atoms with Crippen LogP contribution < -0.4 is 21.5 Å². The number of nitrogens with one attached hydrogen (secondary N) is 4. The molecule has 0 amide bonds. The molecule has 0 aromatic carbocycles. The zero-order chi connectivity index (χ0) is 15.9. The van der Waals surface area contributed by atoms with Crippen LogP contribution >= 0.6 is 24.4 Å². The van der Waals surface area contributed by atoms with Crippen molar-refractivity contribution in [2.45, 2.75) is 25.9 Å². The summed E-state index contributed by atoms with van der Waals surface area (Å²) in [6.07, 6.45) is 4.20. The number of rotatable bonds is 6. The number of hydrazine groups is 1. The molecule has 0 saturated heterocycles. The summed E-state index contributed by atoms with van der Waals surface area (Å²) in [5.41, 5.74) is 6.63. The van der Waals surface area contributed by atoms with Crippen molar-refractivity contribution >= 4 is 40.4 Å². The molecule has 116 valence electrons. The van der Waals surface area contributed by atoms with Crippen LogP contribution in [0.5, 0.6) is 0 Å². The minimum atomic E-state index is -0.491. The lowest BCUT2D eigenvalue weighted by molar-refractivity contribution is 0.167. The molecule has 1 atom stereocenters. The number of hydrogen-bond donors (Lipinski definition) is 4. The number of hydrazone groups is 1. The fourth-order valence-corrected chi connectivity index (χ4v) is 2.35. The van der Waals surface area contributed by atoms with Gasteiger partial charge in [-0.2, -0.15) is 5.10 Å². The smallest absolute Gasteiger partial charge is 0.191 e. The molecule has 1 heterocycles. The van der Waals surface area contributed by atoms with E-state index in [9.17, 15) is 0 Å². The van der Waals surface area contributed by atoms with E-state index in [-0.39, 0.29) is 0 Å². The van der Waals surface area contributed by atoms with Crippen molar-refractivity contribution < 1.29 is 0 Å². The van der Waals surface area contributed by atoms with Crippen LogP contribution in [-0.4, -0.2) is 39.7 Å². The first-order valence-corrected chi connectivity index (χ1v) is 7.39. The normalized spacial score (nSPS) is 20.5. The van der Waals surface area contributed by atoms with Crippen molar-refractivity contribution in [3.63, 3.8) is 0 Å². The number of hydrogen-bond acceptors (Lipinski definition) is 4. The van der Waals surface area contributed by atoms with Gasteiger partial charge in [0, 0.05) is 25.2 Å². The molecule has 1 rings (SSSR count). The second-order valence-corrected chi connectivity index (χ2v) is 5.62. The van der Waals surface area contributed by atoms with Gasteiger partial charge in [0.15, 0.2) is 10.2 Å². The standard InChI is InChI=1S/C13H22N6S2/c1-5-7-14-11(20)16-18-13(4)9-10(3)17-19(13)12(21)15-8-6-2/h5-6,18H,1-2,7-9H2,3-4H3,(H,15,21)(H2,14,16,20)/t13-/m1/s1. The molecular weight excluding hydrogens is 304 g/mol. The summed E-state index contributed by atoms with van der Waals surface area (Å²) in [6.45, 7) is 12.4. The average molecular weight is 326 g/mol. The van der Waals surface area contributed by atoms with Gasteiger partial charge in [-0.25, -0.2) is 10.4 Å². The molecule has 6 nitrogen and oxygen atoms in total. The van der Waals surface area contributed by atoms with Gasteiger partial charge in [0.1, 0.15) is 5.66 Å². The first-order valence-electron chi connectivity index (χ1n) is 6.58. The molecular formula is C13H22N6S2. The molecule has 0 bridgehead atoms. The van der Waals surface area contributed by atoms with E-state index in [1.165, 1.54) is 0 Å². The first kappa shape index (κ1) is 17.5. The van der Waals surface area contributed by atoms with E-state index in [0.717, 1.165) is 12.1 Å². The molecule has 0 fully saturated rings. The quantitative estimate of drug-likeness (QED) is 0.330. The molecule has 0 aromatic rings. The van der Waals surface area contributed by atoms with Crippen molar-refractivity contribution in [2.24, 2.45) is 5.10 Å². The van der Waals surface area contributed by atoms with Gasteiger partial charge in [-0.3, -0.25) is 5.43 Å². The van der Waals surface area contributed by atoms with Gasteiger partial charge >= 0.3 is 0 Å². The lowest BCUT2D eigenvalue weighted by Crippen LogP contribution is -2.62. The molecule has 0 unspecified atom stereocenters. The zero-order valence-corrected chi connectivity index (χ0v) is 14.0. The molecule has 4 N–H and O–H groups in total. The highest BCUT2D eigenvalue weighted by Gasteiger charge is 2.39. The third kappa shape index (κ3) is 5.07. The summed E-state index contributed by atoms with van der Waals surface area (Å²) in [6, 6.07) is 0. The topological polar surface area (TPSA) is 63.7 Å². The van der Waals surface area contributed by atoms with Gasteiger partial charge in [0.25, 0.3) is 0 Å². The summed E-state index contributed by atoms with van der Waals surface area (Å²) < 4.78 is 0. The Bertz CT molecular complexity index is 462. The zero-order valence-electron chi connectivity index (χ0n) is 12.4. The Kier molecular flexibility index (Phi) is 6.73. The van der Waals surface area contributed by atoms with E-state index in [1.807, 2.05) is 13.8 Å². The Morgan fingerprint density at radius 2 is 1.95 bits per heavy atom. The molecule has 21 heavy (non-hydrogen) atoms. The van der Waals surface area contributed by atoms with Gasteiger partial charge in [0.2, 0.25) is 0 Å². The molecule has 1 aliphatic rings. The van der Waals surface area contributed by atoms with E-state index in [2.05, 4.69) is 39.7 Å². The molecule has 8 heteroatoms. The Hall–Kier alpha value is -1.51. The highest BCUT2D eigenvalue weighted by Crippen LogP contribution is 2.24. The van der Waals surface area contributed by atoms with Gasteiger partial charge in [-0.05, 0) is 38.3 Å². The van der Waals surface area contributed by atoms with Crippen molar-refractivity contribution in [3.05, 3.63) is 25.3 Å². The maximum Gasteiger partial charge on any atom is 0.191 e. The molecule has 0 spiro atoms. The van der Waals surface area contributed by atoms with E-state index in [0.29, 0.717) is 23.3 Å². The maximum atomic E-state index is 5.36. The monoisotopic (exact) mass is 326 g/mol. The summed E-state index contributed by atoms with van der Waals surface area (Å²) >= 11 is 10.5. The van der Waals surface area contributed by atoms with Gasteiger partial charge < -0.3 is 10.6 Å². The Labute approximate surface area is 136 Å². The fraction of sp³-hybridized carbons (Fsp3) is 0.462. The predicted molar refractivity (Wildman–Crippen MR) is 95.8 cm³/mol. The first-order chi connectivity index (χ1) is 9.92. The summed E-state index contributed by atoms with van der Waals surface area (Å²) in [5, 5.41) is 13.3. The summed E-state index contributed by atoms with van der Waals surface area (Å²) in [4.78, 5) is 0. The third-order valence-electron chi connectivity index (χ3n) is 2.78. The number of thiocarbonyl (C=S) groups is 2. The van der Waals surface area contributed by atoms with Crippen LogP contribution in [0.1, 0.15) is 20.3 Å². The van der Waals surface area contributed by atoms with E-state index in [4.69, 9.17) is 24.4 Å². The SMILES string of the molecule is C=CCNC(=S)NN[C@@]1(C)CC(C)=NN1C(=S)NCC=C. The maximum absolute atomic E-state index is 5.36. The Morgan fingerprint density at radius 3 is 2.57 bits per heavy atom. The van der Waals surface area contributed by atoms with Crippen LogP contribution in [0.3, 0.4) is 0 Å². The van der Waals surface area contributed by atoms with E-state index in [1.54, 1.807) is 17.2 Å². The van der Waals surface area contributed by atoms with Crippen LogP contribution in [-0.2, 0) is 0 Å². The highest BCUT2D eigenvalue weighted by molar-refractivity contribution is 7.80. The highest BCUT2D eigenvalue weighted by atomic mass is 32.1. The van der Waals surface area contributed by atoms with E-state index >= 15 is 0 Å². The second kappa shape index (κ2) is 8.06. The Morgan fingerprint density at radius 1 is 1.33 bits per heavy atom. The second-order valence-electron chi connectivity index (χ2n) is 4.82. The minimum absolute atomic E-state index is 0.491. The predicted octanol–water partition coefficient (Wildman–Crippen LogP) is 0.999. The third-order valence-corrected chi connectivity index (χ3v) is 3.34. The summed E-state index contributed by atoms with van der Waals surface area (Å²) in [7, 11) is 0. The van der Waals surface area contributed by atoms with Crippen LogP contribution in [0.4, 0.5) is 0 Å². The van der Waals surface area contributed by atoms with Crippen molar-refractivity contribution in [1.82, 2.24) is 26.5 Å². The molecule has 0 aliphatic carbocycles. The lowest BCUT2D eigenvalue weighted by atomic mass is 10.1. The van der Waals surface area contributed by atoms with Crippen molar-refractivity contribution in [3.8, 4) is 0 Å². The van der Waals surface area contributed by atoms with Crippen LogP contribution in [0.2, 0.25) is 0 Å². The van der Waals surface area contributed by atoms with E-state index < -0.39 is 5.66 Å². The molecule has 0 radical (unpaired) electrons.